The summed E-state index contributed by atoms with van der Waals surface area (Å²) < 4.78 is 1.90. The molecule has 2 amide bonds. The number of fused-ring (bicyclic) bond motifs is 1. The van der Waals surface area contributed by atoms with Crippen LogP contribution in [0.3, 0.4) is 0 Å². The Morgan fingerprint density at radius 1 is 1.33 bits per heavy atom. The van der Waals surface area contributed by atoms with Crippen LogP contribution in [0.25, 0.3) is 5.65 Å². The number of hydrogen-bond acceptors (Lipinski definition) is 5. The van der Waals surface area contributed by atoms with Crippen LogP contribution in [0, 0.1) is 12.8 Å². The van der Waals surface area contributed by atoms with Gasteiger partial charge in [-0.1, -0.05) is 19.9 Å². The first-order valence-corrected chi connectivity index (χ1v) is 8.67. The van der Waals surface area contributed by atoms with Gasteiger partial charge in [-0.15, -0.1) is 21.5 Å². The Kier molecular flexibility index (Phi) is 4.75. The number of nitrogens with one attached hydrogen (secondary N) is 2. The van der Waals surface area contributed by atoms with Crippen molar-refractivity contribution in [3.63, 3.8) is 0 Å². The quantitative estimate of drug-likeness (QED) is 0.745. The molecule has 0 fully saturated rings. The van der Waals surface area contributed by atoms with Crippen molar-refractivity contribution in [1.82, 2.24) is 30.2 Å². The molecule has 0 spiro atoms. The van der Waals surface area contributed by atoms with Crippen LogP contribution < -0.4 is 10.6 Å². The van der Waals surface area contributed by atoms with E-state index in [4.69, 9.17) is 0 Å². The van der Waals surface area contributed by atoms with Crippen LogP contribution in [0.5, 0.6) is 0 Å². The van der Waals surface area contributed by atoms with Crippen LogP contribution in [0.2, 0.25) is 0 Å². The Hall–Kier alpha value is -2.48. The van der Waals surface area contributed by atoms with Crippen molar-refractivity contribution >= 4 is 23.0 Å². The molecular formula is C16H20N6OS. The zero-order valence-electron chi connectivity index (χ0n) is 13.9. The second-order valence-electron chi connectivity index (χ2n) is 5.90. The highest BCUT2D eigenvalue weighted by Gasteiger charge is 2.23. The van der Waals surface area contributed by atoms with Gasteiger partial charge in [0.25, 0.3) is 0 Å². The third-order valence-electron chi connectivity index (χ3n) is 3.83. The van der Waals surface area contributed by atoms with Crippen LogP contribution in [0.15, 0.2) is 29.9 Å². The molecule has 126 valence electrons. The van der Waals surface area contributed by atoms with Crippen molar-refractivity contribution in [2.75, 3.05) is 0 Å². The van der Waals surface area contributed by atoms with Crippen molar-refractivity contribution in [2.45, 2.75) is 33.4 Å². The standard InChI is InChI=1S/C16H20N6OS/c1-10(2)14(15-21-20-13-6-4-5-7-22(13)15)19-16(23)17-8-12-11(3)18-9-24-12/h4-7,9-10,14H,8H2,1-3H3,(H2,17,19,23)/t14-/m0/s1. The zero-order valence-corrected chi connectivity index (χ0v) is 14.7. The predicted octanol–water partition coefficient (Wildman–Crippen LogP) is 2.69. The van der Waals surface area contributed by atoms with Gasteiger partial charge in [-0.05, 0) is 25.0 Å². The van der Waals surface area contributed by atoms with Gasteiger partial charge in [0.2, 0.25) is 0 Å². The van der Waals surface area contributed by atoms with Gasteiger partial charge < -0.3 is 10.6 Å². The van der Waals surface area contributed by atoms with Gasteiger partial charge >= 0.3 is 6.03 Å². The monoisotopic (exact) mass is 344 g/mol. The average Bonchev–Trinajstić information content (AvgIpc) is 3.16. The average molecular weight is 344 g/mol. The van der Waals surface area contributed by atoms with Crippen molar-refractivity contribution < 1.29 is 4.79 Å². The molecule has 1 atom stereocenters. The first kappa shape index (κ1) is 16.4. The van der Waals surface area contributed by atoms with Gasteiger partial charge in [-0.2, -0.15) is 0 Å². The van der Waals surface area contributed by atoms with E-state index in [1.807, 2.05) is 49.6 Å². The van der Waals surface area contributed by atoms with E-state index in [9.17, 15) is 4.79 Å². The molecular weight excluding hydrogens is 324 g/mol. The molecule has 0 aliphatic heterocycles. The Labute approximate surface area is 144 Å². The van der Waals surface area contributed by atoms with E-state index in [-0.39, 0.29) is 18.0 Å². The van der Waals surface area contributed by atoms with Gasteiger partial charge in [0.15, 0.2) is 11.5 Å². The summed E-state index contributed by atoms with van der Waals surface area (Å²) in [6.45, 7) is 6.49. The fraction of sp³-hybridized carbons (Fsp3) is 0.375. The molecule has 0 saturated heterocycles. The first-order valence-electron chi connectivity index (χ1n) is 7.79. The molecule has 0 saturated carbocycles. The maximum Gasteiger partial charge on any atom is 0.315 e. The van der Waals surface area contributed by atoms with E-state index in [1.54, 1.807) is 5.51 Å². The maximum atomic E-state index is 12.3. The number of nitrogens with zero attached hydrogens (tertiary/aromatic N) is 4. The lowest BCUT2D eigenvalue weighted by Gasteiger charge is -2.21. The van der Waals surface area contributed by atoms with Crippen LogP contribution >= 0.6 is 11.3 Å². The molecule has 0 aliphatic carbocycles. The second kappa shape index (κ2) is 6.96. The molecule has 0 radical (unpaired) electrons. The summed E-state index contributed by atoms with van der Waals surface area (Å²) in [4.78, 5) is 17.5. The largest absolute Gasteiger partial charge is 0.333 e. The highest BCUT2D eigenvalue weighted by molar-refractivity contribution is 7.09. The van der Waals surface area contributed by atoms with E-state index < -0.39 is 0 Å². The number of rotatable bonds is 5. The Balaban J connectivity index is 1.72. The minimum absolute atomic E-state index is 0.175. The molecule has 0 aromatic carbocycles. The number of carbonyl (C=O) groups excluding carboxylic acids is 1. The smallest absolute Gasteiger partial charge is 0.315 e. The molecule has 3 aromatic heterocycles. The maximum absolute atomic E-state index is 12.3. The summed E-state index contributed by atoms with van der Waals surface area (Å²) in [5, 5.41) is 14.3. The van der Waals surface area contributed by atoms with Gasteiger partial charge in [0.05, 0.1) is 23.8 Å². The summed E-state index contributed by atoms with van der Waals surface area (Å²) in [6.07, 6.45) is 1.90. The molecule has 0 unspecified atom stereocenters. The number of thiazole rings is 1. The summed E-state index contributed by atoms with van der Waals surface area (Å²) in [5.74, 6) is 0.901. The van der Waals surface area contributed by atoms with Crippen LogP contribution in [0.4, 0.5) is 4.79 Å². The highest BCUT2D eigenvalue weighted by Crippen LogP contribution is 2.20. The van der Waals surface area contributed by atoms with E-state index in [1.165, 1.54) is 11.3 Å². The van der Waals surface area contributed by atoms with Crippen LogP contribution in [-0.4, -0.2) is 25.6 Å². The van der Waals surface area contributed by atoms with Crippen LogP contribution in [0.1, 0.15) is 36.3 Å². The lowest BCUT2D eigenvalue weighted by molar-refractivity contribution is 0.231. The number of aromatic nitrogens is 4. The third kappa shape index (κ3) is 3.38. The summed E-state index contributed by atoms with van der Waals surface area (Å²) >= 11 is 1.54. The minimum atomic E-state index is -0.232. The topological polar surface area (TPSA) is 84.2 Å². The van der Waals surface area contributed by atoms with Gasteiger partial charge in [-0.3, -0.25) is 4.40 Å². The number of amides is 2. The Bertz CT molecular complexity index is 840. The molecule has 3 heterocycles. The van der Waals surface area contributed by atoms with E-state index in [0.29, 0.717) is 6.54 Å². The first-order chi connectivity index (χ1) is 11.6. The second-order valence-corrected chi connectivity index (χ2v) is 6.84. The fourth-order valence-electron chi connectivity index (χ4n) is 2.45. The van der Waals surface area contributed by atoms with Crippen molar-refractivity contribution in [2.24, 2.45) is 5.92 Å². The van der Waals surface area contributed by atoms with Gasteiger partial charge in [-0.25, -0.2) is 9.78 Å². The highest BCUT2D eigenvalue weighted by atomic mass is 32.1. The molecule has 2 N–H and O–H groups in total. The SMILES string of the molecule is Cc1ncsc1CNC(=O)N[C@H](c1nnc2ccccn12)C(C)C. The molecule has 0 bridgehead atoms. The molecule has 3 aromatic rings. The van der Waals surface area contributed by atoms with Crippen molar-refractivity contribution in [1.29, 1.82) is 0 Å². The number of carbonyl (C=O) groups is 1. The van der Waals surface area contributed by atoms with E-state index in [0.717, 1.165) is 22.0 Å². The summed E-state index contributed by atoms with van der Waals surface area (Å²) in [7, 11) is 0. The summed E-state index contributed by atoms with van der Waals surface area (Å²) in [5.41, 5.74) is 3.49. The number of urea groups is 1. The molecule has 0 aliphatic rings. The Morgan fingerprint density at radius 2 is 2.17 bits per heavy atom. The van der Waals surface area contributed by atoms with Gasteiger partial charge in [0.1, 0.15) is 0 Å². The lowest BCUT2D eigenvalue weighted by Crippen LogP contribution is -2.40. The molecule has 8 heteroatoms. The predicted molar refractivity (Wildman–Crippen MR) is 92.8 cm³/mol. The number of hydrogen-bond donors (Lipinski definition) is 2. The lowest BCUT2D eigenvalue weighted by atomic mass is 10.0. The van der Waals surface area contributed by atoms with E-state index in [2.05, 4.69) is 25.8 Å². The normalized spacial score (nSPS) is 12.5. The fourth-order valence-corrected chi connectivity index (χ4v) is 3.17. The van der Waals surface area contributed by atoms with Gasteiger partial charge in [0, 0.05) is 11.1 Å². The van der Waals surface area contributed by atoms with E-state index >= 15 is 0 Å². The Morgan fingerprint density at radius 3 is 2.88 bits per heavy atom. The van der Waals surface area contributed by atoms with Crippen molar-refractivity contribution in [3.8, 4) is 0 Å². The van der Waals surface area contributed by atoms with Crippen molar-refractivity contribution in [3.05, 3.63) is 46.3 Å². The number of aryl methyl sites for hydroxylation is 1. The minimum Gasteiger partial charge on any atom is -0.333 e. The number of pyridine rings is 1. The van der Waals surface area contributed by atoms with Crippen LogP contribution in [-0.2, 0) is 6.54 Å². The molecule has 3 rings (SSSR count). The third-order valence-corrected chi connectivity index (χ3v) is 4.76. The molecule has 7 nitrogen and oxygen atoms in total. The molecule has 24 heavy (non-hydrogen) atoms. The summed E-state index contributed by atoms with van der Waals surface area (Å²) in [6, 6.07) is 5.26. The zero-order chi connectivity index (χ0) is 17.1.